The van der Waals surface area contributed by atoms with Crippen LogP contribution in [0.2, 0.25) is 0 Å². The number of carbonyl (C=O) groups excluding carboxylic acids is 1. The maximum atomic E-state index is 10.9. The molecule has 1 aliphatic rings. The molecule has 1 unspecified atom stereocenters. The SMILES string of the molecule is CCC(=O)NC(C(=O)O)C1CC1. The van der Waals surface area contributed by atoms with Gasteiger partial charge in [0.15, 0.2) is 0 Å². The summed E-state index contributed by atoms with van der Waals surface area (Å²) in [7, 11) is 0. The fraction of sp³-hybridized carbons (Fsp3) is 0.750. The first-order chi connectivity index (χ1) is 5.65. The van der Waals surface area contributed by atoms with E-state index < -0.39 is 12.0 Å². The average Bonchev–Trinajstić information content (AvgIpc) is 2.81. The molecule has 0 spiro atoms. The van der Waals surface area contributed by atoms with Crippen LogP contribution in [-0.2, 0) is 9.59 Å². The molecular weight excluding hydrogens is 158 g/mol. The van der Waals surface area contributed by atoms with Crippen LogP contribution in [-0.4, -0.2) is 23.0 Å². The van der Waals surface area contributed by atoms with Gasteiger partial charge in [0, 0.05) is 6.42 Å². The standard InChI is InChI=1S/C8H13NO3/c1-2-6(10)9-7(8(11)12)5-3-4-5/h5,7H,2-4H2,1H3,(H,9,10)(H,11,12). The van der Waals surface area contributed by atoms with Crippen LogP contribution in [0.4, 0.5) is 0 Å². The highest BCUT2D eigenvalue weighted by molar-refractivity contribution is 5.83. The van der Waals surface area contributed by atoms with Gasteiger partial charge in [-0.15, -0.1) is 0 Å². The number of rotatable bonds is 4. The van der Waals surface area contributed by atoms with Crippen molar-refractivity contribution in [2.45, 2.75) is 32.2 Å². The van der Waals surface area contributed by atoms with Crippen molar-refractivity contribution in [1.29, 1.82) is 0 Å². The molecular formula is C8H13NO3. The first-order valence-corrected chi connectivity index (χ1v) is 4.17. The quantitative estimate of drug-likeness (QED) is 0.642. The van der Waals surface area contributed by atoms with E-state index in [9.17, 15) is 9.59 Å². The Morgan fingerprint density at radius 3 is 2.50 bits per heavy atom. The number of carbonyl (C=O) groups is 2. The van der Waals surface area contributed by atoms with Crippen LogP contribution in [0.1, 0.15) is 26.2 Å². The van der Waals surface area contributed by atoms with E-state index in [1.165, 1.54) is 0 Å². The predicted octanol–water partition coefficient (Wildman–Crippen LogP) is 0.376. The molecule has 0 aromatic carbocycles. The van der Waals surface area contributed by atoms with E-state index in [-0.39, 0.29) is 11.8 Å². The van der Waals surface area contributed by atoms with Gasteiger partial charge in [-0.05, 0) is 18.8 Å². The fourth-order valence-electron chi connectivity index (χ4n) is 1.09. The second kappa shape index (κ2) is 3.56. The summed E-state index contributed by atoms with van der Waals surface area (Å²) in [5, 5.41) is 11.2. The van der Waals surface area contributed by atoms with Crippen molar-refractivity contribution in [3.05, 3.63) is 0 Å². The van der Waals surface area contributed by atoms with Crippen LogP contribution >= 0.6 is 0 Å². The molecule has 1 amide bonds. The van der Waals surface area contributed by atoms with Crippen LogP contribution in [0, 0.1) is 5.92 Å². The average molecular weight is 171 g/mol. The Kier molecular flexibility index (Phi) is 2.68. The molecule has 1 aliphatic carbocycles. The zero-order chi connectivity index (χ0) is 9.14. The van der Waals surface area contributed by atoms with Crippen molar-refractivity contribution in [2.24, 2.45) is 5.92 Å². The minimum atomic E-state index is -0.917. The Labute approximate surface area is 71.0 Å². The van der Waals surface area contributed by atoms with Gasteiger partial charge in [0.1, 0.15) is 6.04 Å². The monoisotopic (exact) mass is 171 g/mol. The Hall–Kier alpha value is -1.06. The minimum Gasteiger partial charge on any atom is -0.480 e. The van der Waals surface area contributed by atoms with Crippen molar-refractivity contribution in [3.63, 3.8) is 0 Å². The Balaban J connectivity index is 2.43. The zero-order valence-electron chi connectivity index (χ0n) is 7.04. The van der Waals surface area contributed by atoms with Gasteiger partial charge in [0.25, 0.3) is 0 Å². The number of nitrogens with one attached hydrogen (secondary N) is 1. The molecule has 68 valence electrons. The number of hydrogen-bond acceptors (Lipinski definition) is 2. The summed E-state index contributed by atoms with van der Waals surface area (Å²) >= 11 is 0. The maximum absolute atomic E-state index is 10.9. The molecule has 4 nitrogen and oxygen atoms in total. The molecule has 1 rings (SSSR count). The third kappa shape index (κ3) is 2.22. The van der Waals surface area contributed by atoms with E-state index in [0.29, 0.717) is 6.42 Å². The predicted molar refractivity (Wildman–Crippen MR) is 42.6 cm³/mol. The Morgan fingerprint density at radius 1 is 1.58 bits per heavy atom. The first-order valence-electron chi connectivity index (χ1n) is 4.17. The molecule has 1 atom stereocenters. The summed E-state index contributed by atoms with van der Waals surface area (Å²) < 4.78 is 0. The summed E-state index contributed by atoms with van der Waals surface area (Å²) in [6, 6.07) is -0.655. The lowest BCUT2D eigenvalue weighted by Gasteiger charge is -2.12. The second-order valence-electron chi connectivity index (χ2n) is 3.07. The molecule has 0 saturated heterocycles. The molecule has 0 heterocycles. The van der Waals surface area contributed by atoms with Crippen LogP contribution in [0.3, 0.4) is 0 Å². The molecule has 1 fully saturated rings. The summed E-state index contributed by atoms with van der Waals surface area (Å²) in [5.74, 6) is -0.938. The molecule has 0 aliphatic heterocycles. The molecule has 4 heteroatoms. The van der Waals surface area contributed by atoms with Gasteiger partial charge < -0.3 is 10.4 Å². The van der Waals surface area contributed by atoms with Gasteiger partial charge in [-0.2, -0.15) is 0 Å². The number of aliphatic carboxylic acids is 1. The second-order valence-corrected chi connectivity index (χ2v) is 3.07. The molecule has 12 heavy (non-hydrogen) atoms. The summed E-state index contributed by atoms with van der Waals surface area (Å²) in [6.45, 7) is 1.71. The van der Waals surface area contributed by atoms with E-state index in [1.54, 1.807) is 6.92 Å². The molecule has 0 radical (unpaired) electrons. The molecule has 0 bridgehead atoms. The van der Waals surface area contributed by atoms with Crippen molar-refractivity contribution in [2.75, 3.05) is 0 Å². The van der Waals surface area contributed by atoms with Crippen molar-refractivity contribution >= 4 is 11.9 Å². The fourth-order valence-corrected chi connectivity index (χ4v) is 1.09. The van der Waals surface area contributed by atoms with Gasteiger partial charge in [-0.3, -0.25) is 4.79 Å². The topological polar surface area (TPSA) is 66.4 Å². The lowest BCUT2D eigenvalue weighted by molar-refractivity contribution is -0.142. The van der Waals surface area contributed by atoms with Crippen LogP contribution in [0.15, 0.2) is 0 Å². The lowest BCUT2D eigenvalue weighted by Crippen LogP contribution is -2.42. The van der Waals surface area contributed by atoms with Crippen LogP contribution in [0.5, 0.6) is 0 Å². The van der Waals surface area contributed by atoms with E-state index in [1.807, 2.05) is 0 Å². The van der Waals surface area contributed by atoms with E-state index in [4.69, 9.17) is 5.11 Å². The minimum absolute atomic E-state index is 0.165. The third-order valence-corrected chi connectivity index (χ3v) is 2.00. The number of carboxylic acids is 1. The number of carboxylic acid groups (broad SMARTS) is 1. The lowest BCUT2D eigenvalue weighted by atomic mass is 10.2. The zero-order valence-corrected chi connectivity index (χ0v) is 7.04. The van der Waals surface area contributed by atoms with Gasteiger partial charge in [-0.1, -0.05) is 6.92 Å². The highest BCUT2D eigenvalue weighted by atomic mass is 16.4. The largest absolute Gasteiger partial charge is 0.480 e. The Bertz CT molecular complexity index is 198. The van der Waals surface area contributed by atoms with Crippen LogP contribution in [0.25, 0.3) is 0 Å². The summed E-state index contributed by atoms with van der Waals surface area (Å²) in [6.07, 6.45) is 2.18. The van der Waals surface area contributed by atoms with Crippen molar-refractivity contribution in [3.8, 4) is 0 Å². The maximum Gasteiger partial charge on any atom is 0.326 e. The summed E-state index contributed by atoms with van der Waals surface area (Å²) in [4.78, 5) is 21.5. The van der Waals surface area contributed by atoms with Gasteiger partial charge in [0.05, 0.1) is 0 Å². The van der Waals surface area contributed by atoms with Crippen LogP contribution < -0.4 is 5.32 Å². The van der Waals surface area contributed by atoms with Gasteiger partial charge in [-0.25, -0.2) is 4.79 Å². The molecule has 0 aromatic heterocycles. The van der Waals surface area contributed by atoms with E-state index >= 15 is 0 Å². The Morgan fingerprint density at radius 2 is 2.17 bits per heavy atom. The third-order valence-electron chi connectivity index (χ3n) is 2.00. The molecule has 0 aromatic rings. The van der Waals surface area contributed by atoms with E-state index in [0.717, 1.165) is 12.8 Å². The highest BCUT2D eigenvalue weighted by Gasteiger charge is 2.36. The molecule has 2 N–H and O–H groups in total. The van der Waals surface area contributed by atoms with Gasteiger partial charge in [0.2, 0.25) is 5.91 Å². The highest BCUT2D eigenvalue weighted by Crippen LogP contribution is 2.32. The van der Waals surface area contributed by atoms with Gasteiger partial charge >= 0.3 is 5.97 Å². The number of amides is 1. The van der Waals surface area contributed by atoms with E-state index in [2.05, 4.69) is 5.32 Å². The van der Waals surface area contributed by atoms with Crippen molar-refractivity contribution < 1.29 is 14.7 Å². The normalized spacial score (nSPS) is 18.4. The molecule has 1 saturated carbocycles. The van der Waals surface area contributed by atoms with Crippen molar-refractivity contribution in [1.82, 2.24) is 5.32 Å². The number of hydrogen-bond donors (Lipinski definition) is 2. The first kappa shape index (κ1) is 9.03. The smallest absolute Gasteiger partial charge is 0.326 e. The summed E-state index contributed by atoms with van der Waals surface area (Å²) in [5.41, 5.74) is 0.